The summed E-state index contributed by atoms with van der Waals surface area (Å²) in [6, 6.07) is 21.1. The van der Waals surface area contributed by atoms with E-state index in [1.165, 1.54) is 6.92 Å². The third-order valence-corrected chi connectivity index (χ3v) is 5.51. The normalized spacial score (nSPS) is 13.5. The molecule has 7 heteroatoms. The first kappa shape index (κ1) is 21.3. The molecule has 0 radical (unpaired) electrons. The zero-order valence-electron chi connectivity index (χ0n) is 17.5. The van der Waals surface area contributed by atoms with Gasteiger partial charge in [-0.1, -0.05) is 48.0 Å². The predicted octanol–water partition coefficient (Wildman–Crippen LogP) is 5.00. The summed E-state index contributed by atoms with van der Waals surface area (Å²) in [4.78, 5) is 39.3. The van der Waals surface area contributed by atoms with Gasteiger partial charge in [-0.05, 0) is 54.4 Å². The van der Waals surface area contributed by atoms with Gasteiger partial charge in [0.15, 0.2) is 0 Å². The summed E-state index contributed by atoms with van der Waals surface area (Å²) < 4.78 is 0. The predicted molar refractivity (Wildman–Crippen MR) is 126 cm³/mol. The van der Waals surface area contributed by atoms with E-state index >= 15 is 0 Å². The first-order chi connectivity index (χ1) is 15.4. The molecule has 2 N–H and O–H groups in total. The van der Waals surface area contributed by atoms with Crippen molar-refractivity contribution in [1.82, 2.24) is 0 Å². The summed E-state index contributed by atoms with van der Waals surface area (Å²) in [5, 5.41) is 6.27. The van der Waals surface area contributed by atoms with E-state index in [0.717, 1.165) is 4.90 Å². The Kier molecular flexibility index (Phi) is 5.79. The largest absolute Gasteiger partial charge is 0.350 e. The Morgan fingerprint density at radius 3 is 2.16 bits per heavy atom. The number of rotatable bonds is 5. The first-order valence-corrected chi connectivity index (χ1v) is 10.3. The summed E-state index contributed by atoms with van der Waals surface area (Å²) >= 11 is 6.25. The van der Waals surface area contributed by atoms with E-state index in [4.69, 9.17) is 11.6 Å². The van der Waals surface area contributed by atoms with Crippen molar-refractivity contribution in [2.24, 2.45) is 0 Å². The molecule has 32 heavy (non-hydrogen) atoms. The standard InChI is InChI=1S/C25H20ClN3O3/c1-15-20(26)9-6-10-21(15)29-24(31)22(17-7-4-3-5-8-17)23(25(29)32)28-19-13-11-18(12-14-19)27-16(2)30/h3-14,28H,1-2H3,(H,27,30). The van der Waals surface area contributed by atoms with Crippen LogP contribution in [-0.4, -0.2) is 17.7 Å². The summed E-state index contributed by atoms with van der Waals surface area (Å²) in [6.45, 7) is 3.20. The quantitative estimate of drug-likeness (QED) is 0.541. The van der Waals surface area contributed by atoms with Crippen LogP contribution in [0.5, 0.6) is 0 Å². The molecule has 3 aromatic rings. The second-order valence-corrected chi connectivity index (χ2v) is 7.74. The highest BCUT2D eigenvalue weighted by atomic mass is 35.5. The highest BCUT2D eigenvalue weighted by molar-refractivity contribution is 6.46. The molecular weight excluding hydrogens is 426 g/mol. The summed E-state index contributed by atoms with van der Waals surface area (Å²) in [6.07, 6.45) is 0. The average Bonchev–Trinajstić information content (AvgIpc) is 3.01. The summed E-state index contributed by atoms with van der Waals surface area (Å²) in [5.74, 6) is -1.07. The first-order valence-electron chi connectivity index (χ1n) is 9.95. The van der Waals surface area contributed by atoms with Crippen LogP contribution in [0.15, 0.2) is 78.5 Å². The Bertz CT molecular complexity index is 1250. The van der Waals surface area contributed by atoms with Gasteiger partial charge in [-0.3, -0.25) is 14.4 Å². The Morgan fingerprint density at radius 1 is 0.844 bits per heavy atom. The van der Waals surface area contributed by atoms with Gasteiger partial charge >= 0.3 is 0 Å². The molecule has 4 rings (SSSR count). The van der Waals surface area contributed by atoms with E-state index in [-0.39, 0.29) is 17.2 Å². The van der Waals surface area contributed by atoms with Crippen LogP contribution in [0.25, 0.3) is 5.57 Å². The second kappa shape index (κ2) is 8.69. The van der Waals surface area contributed by atoms with Gasteiger partial charge in [0.25, 0.3) is 11.8 Å². The molecule has 0 aromatic heterocycles. The minimum absolute atomic E-state index is 0.174. The number of carbonyl (C=O) groups is 3. The molecule has 0 saturated heterocycles. The fourth-order valence-corrected chi connectivity index (χ4v) is 3.73. The van der Waals surface area contributed by atoms with E-state index in [0.29, 0.717) is 33.2 Å². The average molecular weight is 446 g/mol. The molecule has 0 unspecified atom stereocenters. The molecule has 1 heterocycles. The second-order valence-electron chi connectivity index (χ2n) is 7.33. The van der Waals surface area contributed by atoms with Gasteiger partial charge in [-0.2, -0.15) is 0 Å². The molecule has 1 aliphatic heterocycles. The van der Waals surface area contributed by atoms with Gasteiger partial charge < -0.3 is 10.6 Å². The monoisotopic (exact) mass is 445 g/mol. The molecule has 3 amide bonds. The maximum absolute atomic E-state index is 13.5. The van der Waals surface area contributed by atoms with Crippen LogP contribution in [0, 0.1) is 6.92 Å². The Hall–Kier alpha value is -3.90. The molecule has 6 nitrogen and oxygen atoms in total. The lowest BCUT2D eigenvalue weighted by molar-refractivity contribution is -0.120. The minimum atomic E-state index is -0.467. The molecule has 0 bridgehead atoms. The van der Waals surface area contributed by atoms with Gasteiger partial charge in [0.2, 0.25) is 5.91 Å². The molecule has 3 aromatic carbocycles. The maximum Gasteiger partial charge on any atom is 0.282 e. The Labute approximate surface area is 190 Å². The molecule has 0 atom stereocenters. The number of anilines is 3. The third kappa shape index (κ3) is 4.00. The number of benzene rings is 3. The third-order valence-electron chi connectivity index (χ3n) is 5.10. The molecule has 0 saturated carbocycles. The van der Waals surface area contributed by atoms with Crippen LogP contribution >= 0.6 is 11.6 Å². The van der Waals surface area contributed by atoms with Crippen molar-refractivity contribution >= 4 is 52.0 Å². The van der Waals surface area contributed by atoms with Crippen LogP contribution in [0.2, 0.25) is 5.02 Å². The fraction of sp³-hybridized carbons (Fsp3) is 0.0800. The number of amides is 3. The van der Waals surface area contributed by atoms with Crippen molar-refractivity contribution in [3.63, 3.8) is 0 Å². The van der Waals surface area contributed by atoms with E-state index < -0.39 is 11.8 Å². The number of hydrogen-bond acceptors (Lipinski definition) is 4. The smallest absolute Gasteiger partial charge is 0.282 e. The van der Waals surface area contributed by atoms with Crippen LogP contribution < -0.4 is 15.5 Å². The lowest BCUT2D eigenvalue weighted by atomic mass is 10.0. The number of carbonyl (C=O) groups excluding carboxylic acids is 3. The number of nitrogens with zero attached hydrogens (tertiary/aromatic N) is 1. The summed E-state index contributed by atoms with van der Waals surface area (Å²) in [7, 11) is 0. The molecule has 0 spiro atoms. The molecule has 1 aliphatic rings. The lowest BCUT2D eigenvalue weighted by Crippen LogP contribution is -2.33. The van der Waals surface area contributed by atoms with E-state index in [1.54, 1.807) is 61.5 Å². The van der Waals surface area contributed by atoms with Gasteiger partial charge in [0.1, 0.15) is 5.70 Å². The van der Waals surface area contributed by atoms with Crippen LogP contribution in [0.3, 0.4) is 0 Å². The van der Waals surface area contributed by atoms with Gasteiger partial charge in [-0.15, -0.1) is 0 Å². The van der Waals surface area contributed by atoms with E-state index in [2.05, 4.69) is 10.6 Å². The van der Waals surface area contributed by atoms with Crippen molar-refractivity contribution < 1.29 is 14.4 Å². The molecule has 160 valence electrons. The van der Waals surface area contributed by atoms with Crippen molar-refractivity contribution in [1.29, 1.82) is 0 Å². The van der Waals surface area contributed by atoms with Gasteiger partial charge in [0, 0.05) is 23.3 Å². The van der Waals surface area contributed by atoms with Crippen molar-refractivity contribution in [2.75, 3.05) is 15.5 Å². The Balaban J connectivity index is 1.76. The fourth-order valence-electron chi connectivity index (χ4n) is 3.56. The lowest BCUT2D eigenvalue weighted by Gasteiger charge is -2.18. The molecule has 0 fully saturated rings. The van der Waals surface area contributed by atoms with Gasteiger partial charge in [0.05, 0.1) is 11.3 Å². The van der Waals surface area contributed by atoms with Crippen LogP contribution in [0.1, 0.15) is 18.1 Å². The summed E-state index contributed by atoms with van der Waals surface area (Å²) in [5.41, 5.74) is 3.40. The zero-order chi connectivity index (χ0) is 22.8. The maximum atomic E-state index is 13.5. The van der Waals surface area contributed by atoms with Crippen LogP contribution in [0.4, 0.5) is 17.1 Å². The highest BCUT2D eigenvalue weighted by Crippen LogP contribution is 2.36. The number of imide groups is 1. The molecule has 0 aliphatic carbocycles. The zero-order valence-corrected chi connectivity index (χ0v) is 18.2. The van der Waals surface area contributed by atoms with E-state index in [9.17, 15) is 14.4 Å². The number of halogens is 1. The number of hydrogen-bond donors (Lipinski definition) is 2. The SMILES string of the molecule is CC(=O)Nc1ccc(NC2=C(c3ccccc3)C(=O)N(c3cccc(Cl)c3C)C2=O)cc1. The topological polar surface area (TPSA) is 78.5 Å². The van der Waals surface area contributed by atoms with Crippen molar-refractivity contribution in [3.05, 3.63) is 94.6 Å². The highest BCUT2D eigenvalue weighted by Gasteiger charge is 2.40. The minimum Gasteiger partial charge on any atom is -0.350 e. The van der Waals surface area contributed by atoms with Gasteiger partial charge in [-0.25, -0.2) is 4.90 Å². The molecular formula is C25H20ClN3O3. The van der Waals surface area contributed by atoms with Crippen molar-refractivity contribution in [3.8, 4) is 0 Å². The Morgan fingerprint density at radius 2 is 1.50 bits per heavy atom. The van der Waals surface area contributed by atoms with E-state index in [1.807, 2.05) is 18.2 Å². The van der Waals surface area contributed by atoms with Crippen LogP contribution in [-0.2, 0) is 14.4 Å². The van der Waals surface area contributed by atoms with Crippen molar-refractivity contribution in [2.45, 2.75) is 13.8 Å². The number of nitrogens with one attached hydrogen (secondary N) is 2.